The van der Waals surface area contributed by atoms with Gasteiger partial charge in [0.15, 0.2) is 0 Å². The third-order valence-electron chi connectivity index (χ3n) is 2.36. The van der Waals surface area contributed by atoms with Crippen LogP contribution in [0.3, 0.4) is 0 Å². The van der Waals surface area contributed by atoms with Gasteiger partial charge in [-0.25, -0.2) is 0 Å². The van der Waals surface area contributed by atoms with E-state index in [0.717, 1.165) is 9.35 Å². The van der Waals surface area contributed by atoms with Crippen molar-refractivity contribution < 1.29 is 4.79 Å². The number of pyridine rings is 1. The lowest BCUT2D eigenvalue weighted by Gasteiger charge is -2.16. The van der Waals surface area contributed by atoms with Crippen LogP contribution in [-0.2, 0) is 6.54 Å². The molecule has 0 aliphatic carbocycles. The molecule has 18 heavy (non-hydrogen) atoms. The normalized spacial score (nSPS) is 10.4. The summed E-state index contributed by atoms with van der Waals surface area (Å²) >= 11 is 11.0. The van der Waals surface area contributed by atoms with Crippen molar-refractivity contribution >= 4 is 44.8 Å². The van der Waals surface area contributed by atoms with E-state index in [-0.39, 0.29) is 5.91 Å². The van der Waals surface area contributed by atoms with Crippen LogP contribution in [0.4, 0.5) is 0 Å². The molecule has 6 heteroatoms. The number of amides is 1. The summed E-state index contributed by atoms with van der Waals surface area (Å²) in [5, 5.41) is 2.37. The van der Waals surface area contributed by atoms with Gasteiger partial charge in [0.25, 0.3) is 5.91 Å². The second-order valence-electron chi connectivity index (χ2n) is 3.75. The van der Waals surface area contributed by atoms with Crippen molar-refractivity contribution in [3.63, 3.8) is 0 Å². The third kappa shape index (κ3) is 3.10. The molecule has 0 spiro atoms. The van der Waals surface area contributed by atoms with E-state index < -0.39 is 0 Å². The summed E-state index contributed by atoms with van der Waals surface area (Å²) in [4.78, 5) is 18.8. The lowest BCUT2D eigenvalue weighted by Crippen LogP contribution is -2.26. The molecule has 1 amide bonds. The van der Waals surface area contributed by atoms with E-state index in [2.05, 4.69) is 20.9 Å². The highest BCUT2D eigenvalue weighted by atomic mass is 79.9. The molecule has 0 bridgehead atoms. The summed E-state index contributed by atoms with van der Waals surface area (Å²) in [6.07, 6.45) is 3.04. The summed E-state index contributed by atoms with van der Waals surface area (Å²) in [7, 11) is 1.76. The zero-order valence-corrected chi connectivity index (χ0v) is 12.7. The molecule has 0 saturated heterocycles. The minimum absolute atomic E-state index is 0.105. The van der Waals surface area contributed by atoms with Crippen LogP contribution in [0.1, 0.15) is 15.2 Å². The predicted octanol–water partition coefficient (Wildman–Crippen LogP) is 3.83. The van der Waals surface area contributed by atoms with Crippen molar-refractivity contribution in [3.05, 3.63) is 49.8 Å². The van der Waals surface area contributed by atoms with E-state index in [1.54, 1.807) is 35.5 Å². The van der Waals surface area contributed by atoms with E-state index in [1.807, 2.05) is 11.4 Å². The highest BCUT2D eigenvalue weighted by molar-refractivity contribution is 9.10. The fraction of sp³-hybridized carbons (Fsp3) is 0.167. The van der Waals surface area contributed by atoms with Gasteiger partial charge in [-0.3, -0.25) is 9.78 Å². The first-order valence-electron chi connectivity index (χ1n) is 5.16. The van der Waals surface area contributed by atoms with Gasteiger partial charge in [-0.2, -0.15) is 0 Å². The standard InChI is InChI=1S/C12H10BrClN2OS/c1-16(6-9-4-8(13)7-18-9)12(17)10-2-3-15-5-11(10)14/h2-5,7H,6H2,1H3. The molecule has 0 unspecified atom stereocenters. The number of carbonyl (C=O) groups excluding carboxylic acids is 1. The quantitative estimate of drug-likeness (QED) is 0.847. The lowest BCUT2D eigenvalue weighted by molar-refractivity contribution is 0.0786. The van der Waals surface area contributed by atoms with Crippen LogP contribution < -0.4 is 0 Å². The van der Waals surface area contributed by atoms with Crippen LogP contribution in [0, 0.1) is 0 Å². The molecule has 2 heterocycles. The van der Waals surface area contributed by atoms with Crippen molar-refractivity contribution in [2.45, 2.75) is 6.54 Å². The fourth-order valence-electron chi connectivity index (χ4n) is 1.50. The second kappa shape index (κ2) is 5.82. The third-order valence-corrected chi connectivity index (χ3v) is 4.35. The maximum absolute atomic E-state index is 12.2. The van der Waals surface area contributed by atoms with Gasteiger partial charge in [0.2, 0.25) is 0 Å². The van der Waals surface area contributed by atoms with Gasteiger partial charge in [0.05, 0.1) is 17.1 Å². The van der Waals surface area contributed by atoms with Crippen LogP contribution >= 0.6 is 38.9 Å². The van der Waals surface area contributed by atoms with Crippen molar-refractivity contribution in [1.82, 2.24) is 9.88 Å². The van der Waals surface area contributed by atoms with Crippen LogP contribution in [0.25, 0.3) is 0 Å². The smallest absolute Gasteiger partial charge is 0.255 e. The Kier molecular flexibility index (Phi) is 4.37. The molecule has 0 aromatic carbocycles. The van der Waals surface area contributed by atoms with Crippen molar-refractivity contribution in [2.75, 3.05) is 7.05 Å². The highest BCUT2D eigenvalue weighted by Gasteiger charge is 2.15. The Morgan fingerprint density at radius 1 is 1.61 bits per heavy atom. The molecule has 3 nitrogen and oxygen atoms in total. The monoisotopic (exact) mass is 344 g/mol. The second-order valence-corrected chi connectivity index (χ2v) is 6.07. The average molecular weight is 346 g/mol. The molecule has 0 atom stereocenters. The topological polar surface area (TPSA) is 33.2 Å². The molecular formula is C12H10BrClN2OS. The van der Waals surface area contributed by atoms with Gasteiger partial charge in [-0.15, -0.1) is 11.3 Å². The molecule has 2 rings (SSSR count). The number of nitrogens with zero attached hydrogens (tertiary/aromatic N) is 2. The Morgan fingerprint density at radius 2 is 2.39 bits per heavy atom. The Hall–Kier alpha value is -0.910. The predicted molar refractivity (Wildman–Crippen MR) is 77.1 cm³/mol. The van der Waals surface area contributed by atoms with E-state index in [4.69, 9.17) is 11.6 Å². The number of hydrogen-bond donors (Lipinski definition) is 0. The molecule has 94 valence electrons. The zero-order valence-electron chi connectivity index (χ0n) is 9.56. The lowest BCUT2D eigenvalue weighted by atomic mass is 10.2. The largest absolute Gasteiger partial charge is 0.337 e. The Morgan fingerprint density at radius 3 is 3.00 bits per heavy atom. The number of thiophene rings is 1. The molecule has 0 saturated carbocycles. The van der Waals surface area contributed by atoms with Gasteiger partial charge in [0, 0.05) is 34.2 Å². The van der Waals surface area contributed by atoms with E-state index in [1.165, 1.54) is 6.20 Å². The molecule has 0 radical (unpaired) electrons. The first-order chi connectivity index (χ1) is 8.58. The molecule has 0 aliphatic heterocycles. The van der Waals surface area contributed by atoms with Gasteiger partial charge < -0.3 is 4.90 Å². The first-order valence-corrected chi connectivity index (χ1v) is 7.21. The molecule has 0 aliphatic rings. The maximum Gasteiger partial charge on any atom is 0.255 e. The van der Waals surface area contributed by atoms with Crippen LogP contribution in [0.5, 0.6) is 0 Å². The van der Waals surface area contributed by atoms with E-state index in [0.29, 0.717) is 17.1 Å². The molecule has 2 aromatic rings. The fourth-order valence-corrected chi connectivity index (χ4v) is 3.20. The SMILES string of the molecule is CN(Cc1cc(Br)cs1)C(=O)c1ccncc1Cl. The number of hydrogen-bond acceptors (Lipinski definition) is 3. The van der Waals surface area contributed by atoms with E-state index >= 15 is 0 Å². The highest BCUT2D eigenvalue weighted by Crippen LogP contribution is 2.22. The molecule has 0 fully saturated rings. The molecule has 0 N–H and O–H groups in total. The Labute approximate surface area is 123 Å². The van der Waals surface area contributed by atoms with Gasteiger partial charge in [0.1, 0.15) is 0 Å². The van der Waals surface area contributed by atoms with Crippen molar-refractivity contribution in [1.29, 1.82) is 0 Å². The Bertz CT molecular complexity index is 573. The minimum atomic E-state index is -0.105. The molecule has 2 aromatic heterocycles. The maximum atomic E-state index is 12.2. The summed E-state index contributed by atoms with van der Waals surface area (Å²) < 4.78 is 1.03. The van der Waals surface area contributed by atoms with Gasteiger partial charge >= 0.3 is 0 Å². The average Bonchev–Trinajstić information content (AvgIpc) is 2.74. The van der Waals surface area contributed by atoms with Gasteiger partial charge in [-0.1, -0.05) is 11.6 Å². The van der Waals surface area contributed by atoms with Crippen LogP contribution in [-0.4, -0.2) is 22.8 Å². The summed E-state index contributed by atoms with van der Waals surface area (Å²) in [5.74, 6) is -0.105. The molecular weight excluding hydrogens is 336 g/mol. The van der Waals surface area contributed by atoms with Crippen LogP contribution in [0.2, 0.25) is 5.02 Å². The summed E-state index contributed by atoms with van der Waals surface area (Å²) in [5.41, 5.74) is 0.477. The van der Waals surface area contributed by atoms with E-state index in [9.17, 15) is 4.79 Å². The number of halogens is 2. The first kappa shape index (κ1) is 13.5. The number of carbonyl (C=O) groups is 1. The summed E-state index contributed by atoms with van der Waals surface area (Å²) in [6, 6.07) is 3.63. The number of rotatable bonds is 3. The van der Waals surface area contributed by atoms with Gasteiger partial charge in [-0.05, 0) is 28.1 Å². The Balaban J connectivity index is 2.12. The zero-order chi connectivity index (χ0) is 13.1. The number of aromatic nitrogens is 1. The minimum Gasteiger partial charge on any atom is -0.337 e. The van der Waals surface area contributed by atoms with Crippen molar-refractivity contribution in [2.24, 2.45) is 0 Å². The van der Waals surface area contributed by atoms with Crippen LogP contribution in [0.15, 0.2) is 34.4 Å². The van der Waals surface area contributed by atoms with Crippen molar-refractivity contribution in [3.8, 4) is 0 Å². The summed E-state index contributed by atoms with van der Waals surface area (Å²) in [6.45, 7) is 0.563.